The van der Waals surface area contributed by atoms with Crippen molar-refractivity contribution in [2.45, 2.75) is 46.0 Å². The van der Waals surface area contributed by atoms with Crippen molar-refractivity contribution in [1.82, 2.24) is 0 Å². The van der Waals surface area contributed by atoms with Crippen LogP contribution in [0.2, 0.25) is 5.02 Å². The van der Waals surface area contributed by atoms with Gasteiger partial charge in [0.2, 0.25) is 5.91 Å². The molecule has 4 rings (SSSR count). The summed E-state index contributed by atoms with van der Waals surface area (Å²) in [6.45, 7) is 5.92. The van der Waals surface area contributed by atoms with Crippen LogP contribution in [-0.4, -0.2) is 16.6 Å². The number of nitro benzene ring substituents is 1. The molecule has 1 aliphatic heterocycles. The summed E-state index contributed by atoms with van der Waals surface area (Å²) in [6, 6.07) is 12.0. The van der Waals surface area contributed by atoms with Crippen molar-refractivity contribution in [2.24, 2.45) is 5.41 Å². The number of anilines is 1. The Kier molecular flexibility index (Phi) is 5.21. The second-order valence-electron chi connectivity index (χ2n) is 9.09. The predicted octanol–water partition coefficient (Wildman–Crippen LogP) is 5.72. The minimum absolute atomic E-state index is 0.0148. The average Bonchev–Trinajstić information content (AvgIpc) is 2.66. The lowest BCUT2D eigenvalue weighted by Crippen LogP contribution is -2.44. The Morgan fingerprint density at radius 1 is 1.10 bits per heavy atom. The van der Waals surface area contributed by atoms with Crippen LogP contribution >= 0.6 is 11.6 Å². The van der Waals surface area contributed by atoms with Crippen molar-refractivity contribution in [3.05, 3.63) is 80.0 Å². The van der Waals surface area contributed by atoms with Gasteiger partial charge in [0, 0.05) is 41.1 Å². The molecule has 0 fully saturated rings. The standard InChI is InChI=1S/C24H23ClN2O4/c1-14-4-6-15(7-5-14)17-11-22(29)26(19-10-16(25)8-9-18(19)27(30)31)20-12-24(2,3)13-21(28)23(17)20/h4-10,17H,11-13H2,1-3H3. The van der Waals surface area contributed by atoms with Crippen LogP contribution in [0.3, 0.4) is 0 Å². The van der Waals surface area contributed by atoms with Crippen molar-refractivity contribution in [3.63, 3.8) is 0 Å². The van der Waals surface area contributed by atoms with Gasteiger partial charge < -0.3 is 0 Å². The third-order valence-corrected chi connectivity index (χ3v) is 6.23. The van der Waals surface area contributed by atoms with Gasteiger partial charge in [-0.1, -0.05) is 55.3 Å². The number of carbonyl (C=O) groups is 2. The lowest BCUT2D eigenvalue weighted by molar-refractivity contribution is -0.384. The van der Waals surface area contributed by atoms with Gasteiger partial charge in [-0.15, -0.1) is 0 Å². The second kappa shape index (κ2) is 7.61. The van der Waals surface area contributed by atoms with Crippen molar-refractivity contribution >= 4 is 34.7 Å². The fraction of sp³-hybridized carbons (Fsp3) is 0.333. The molecule has 1 atom stereocenters. The zero-order valence-electron chi connectivity index (χ0n) is 17.6. The van der Waals surface area contributed by atoms with Gasteiger partial charge in [0.25, 0.3) is 5.69 Å². The average molecular weight is 439 g/mol. The van der Waals surface area contributed by atoms with E-state index in [1.165, 1.54) is 23.1 Å². The maximum Gasteiger partial charge on any atom is 0.293 e. The molecule has 2 aliphatic rings. The van der Waals surface area contributed by atoms with Crippen LogP contribution in [0.4, 0.5) is 11.4 Å². The monoisotopic (exact) mass is 438 g/mol. The summed E-state index contributed by atoms with van der Waals surface area (Å²) < 4.78 is 0. The summed E-state index contributed by atoms with van der Waals surface area (Å²) in [5.41, 5.74) is 2.66. The van der Waals surface area contributed by atoms with E-state index < -0.39 is 4.92 Å². The summed E-state index contributed by atoms with van der Waals surface area (Å²) in [5.74, 6) is -0.652. The SMILES string of the molecule is Cc1ccc(C2CC(=O)N(c3cc(Cl)ccc3[N+](=O)[O-])C3=C2C(=O)CC(C)(C)C3)cc1. The van der Waals surface area contributed by atoms with Crippen molar-refractivity contribution < 1.29 is 14.5 Å². The van der Waals surface area contributed by atoms with Crippen LogP contribution in [0, 0.1) is 22.5 Å². The van der Waals surface area contributed by atoms with Gasteiger partial charge in [-0.2, -0.15) is 0 Å². The van der Waals surface area contributed by atoms with Gasteiger partial charge in [-0.05, 0) is 36.5 Å². The molecule has 31 heavy (non-hydrogen) atoms. The molecule has 0 radical (unpaired) electrons. The number of halogens is 1. The maximum atomic E-state index is 13.4. The van der Waals surface area contributed by atoms with E-state index in [1.54, 1.807) is 0 Å². The largest absolute Gasteiger partial charge is 0.294 e. The van der Waals surface area contributed by atoms with Crippen molar-refractivity contribution in [2.75, 3.05) is 4.90 Å². The molecule has 2 aromatic carbocycles. The molecule has 0 bridgehead atoms. The lowest BCUT2D eigenvalue weighted by atomic mass is 9.69. The molecular weight excluding hydrogens is 416 g/mol. The van der Waals surface area contributed by atoms with Crippen LogP contribution in [-0.2, 0) is 9.59 Å². The van der Waals surface area contributed by atoms with Gasteiger partial charge in [0.15, 0.2) is 5.78 Å². The first-order chi connectivity index (χ1) is 14.6. The molecule has 1 aliphatic carbocycles. The van der Waals surface area contributed by atoms with E-state index in [-0.39, 0.29) is 45.8 Å². The van der Waals surface area contributed by atoms with Crippen molar-refractivity contribution in [1.29, 1.82) is 0 Å². The van der Waals surface area contributed by atoms with Crippen LogP contribution in [0.15, 0.2) is 53.7 Å². The van der Waals surface area contributed by atoms with Crippen LogP contribution < -0.4 is 4.90 Å². The van der Waals surface area contributed by atoms with Crippen molar-refractivity contribution in [3.8, 4) is 0 Å². The number of carbonyl (C=O) groups excluding carboxylic acids is 2. The number of Topliss-reactive ketones (excluding diaryl/α,β-unsaturated/α-hetero) is 1. The molecule has 1 amide bonds. The Morgan fingerprint density at radius 3 is 2.42 bits per heavy atom. The minimum Gasteiger partial charge on any atom is -0.294 e. The second-order valence-corrected chi connectivity index (χ2v) is 9.52. The summed E-state index contributed by atoms with van der Waals surface area (Å²) in [6.07, 6.45) is 0.900. The Balaban J connectivity index is 1.95. The number of nitro groups is 1. The third kappa shape index (κ3) is 3.88. The predicted molar refractivity (Wildman–Crippen MR) is 119 cm³/mol. The van der Waals surface area contributed by atoms with Gasteiger partial charge in [-0.3, -0.25) is 24.6 Å². The van der Waals surface area contributed by atoms with Gasteiger partial charge >= 0.3 is 0 Å². The van der Waals surface area contributed by atoms with Gasteiger partial charge in [0.1, 0.15) is 5.69 Å². The first-order valence-electron chi connectivity index (χ1n) is 10.2. The number of benzene rings is 2. The third-order valence-electron chi connectivity index (χ3n) is 6.00. The zero-order chi connectivity index (χ0) is 22.5. The number of rotatable bonds is 3. The Morgan fingerprint density at radius 2 is 1.77 bits per heavy atom. The maximum absolute atomic E-state index is 13.4. The molecule has 160 valence electrons. The summed E-state index contributed by atoms with van der Waals surface area (Å²) in [7, 11) is 0. The van der Waals surface area contributed by atoms with E-state index in [0.717, 1.165) is 11.1 Å². The van der Waals surface area contributed by atoms with E-state index in [1.807, 2.05) is 45.0 Å². The van der Waals surface area contributed by atoms with Gasteiger partial charge in [-0.25, -0.2) is 0 Å². The Bertz CT molecular complexity index is 1130. The normalized spacial score (nSPS) is 20.6. The Hall–Kier alpha value is -2.99. The van der Waals surface area contributed by atoms with E-state index in [4.69, 9.17) is 11.6 Å². The van der Waals surface area contributed by atoms with Gasteiger partial charge in [0.05, 0.1) is 4.92 Å². The summed E-state index contributed by atoms with van der Waals surface area (Å²) >= 11 is 6.14. The quantitative estimate of drug-likeness (QED) is 0.453. The molecule has 6 nitrogen and oxygen atoms in total. The fourth-order valence-corrected chi connectivity index (χ4v) is 4.77. The van der Waals surface area contributed by atoms with E-state index in [2.05, 4.69) is 0 Å². The first kappa shape index (κ1) is 21.2. The molecule has 0 aromatic heterocycles. The first-order valence-corrected chi connectivity index (χ1v) is 10.5. The highest BCUT2D eigenvalue weighted by Gasteiger charge is 2.45. The molecule has 0 N–H and O–H groups in total. The van der Waals surface area contributed by atoms with E-state index in [9.17, 15) is 19.7 Å². The number of nitrogens with zero attached hydrogens (tertiary/aromatic N) is 2. The molecule has 7 heteroatoms. The molecule has 1 heterocycles. The minimum atomic E-state index is -0.527. The lowest BCUT2D eigenvalue weighted by Gasteiger charge is -2.42. The molecule has 1 unspecified atom stereocenters. The van der Waals surface area contributed by atoms with Crippen LogP contribution in [0.1, 0.15) is 50.2 Å². The van der Waals surface area contributed by atoms with E-state index >= 15 is 0 Å². The number of hydrogen-bond acceptors (Lipinski definition) is 4. The number of hydrogen-bond donors (Lipinski definition) is 0. The smallest absolute Gasteiger partial charge is 0.293 e. The Labute approximate surface area is 185 Å². The highest BCUT2D eigenvalue weighted by atomic mass is 35.5. The molecule has 0 saturated carbocycles. The fourth-order valence-electron chi connectivity index (χ4n) is 4.61. The molecule has 2 aromatic rings. The summed E-state index contributed by atoms with van der Waals surface area (Å²) in [4.78, 5) is 39.3. The molecule has 0 saturated heterocycles. The number of allylic oxidation sites excluding steroid dienone is 2. The highest BCUT2D eigenvalue weighted by molar-refractivity contribution is 6.31. The van der Waals surface area contributed by atoms with Crippen LogP contribution in [0.5, 0.6) is 0 Å². The van der Waals surface area contributed by atoms with E-state index in [0.29, 0.717) is 24.1 Å². The highest BCUT2D eigenvalue weighted by Crippen LogP contribution is 2.49. The molecule has 0 spiro atoms. The number of ketones is 1. The zero-order valence-corrected chi connectivity index (χ0v) is 18.4. The number of amides is 1. The van der Waals surface area contributed by atoms with Crippen LogP contribution in [0.25, 0.3) is 0 Å². The topological polar surface area (TPSA) is 80.5 Å². The number of aryl methyl sites for hydroxylation is 1. The molecular formula is C24H23ClN2O4. The summed E-state index contributed by atoms with van der Waals surface area (Å²) in [5, 5.41) is 12.0.